The van der Waals surface area contributed by atoms with Gasteiger partial charge < -0.3 is 29.4 Å². The molecule has 0 aromatic heterocycles. The van der Waals surface area contributed by atoms with E-state index in [9.17, 15) is 29.4 Å². The number of carbonyl (C=O) groups excluding carboxylic acids is 4. The van der Waals surface area contributed by atoms with Crippen LogP contribution in [0, 0.1) is 0 Å². The molecule has 0 aliphatic heterocycles. The summed E-state index contributed by atoms with van der Waals surface area (Å²) < 4.78 is 0. The van der Waals surface area contributed by atoms with E-state index in [0.717, 1.165) is 0 Å². The molecule has 0 aromatic rings. The Morgan fingerprint density at radius 3 is 1.12 bits per heavy atom. The molecule has 0 aliphatic rings. The number of rotatable bonds is 6. The van der Waals surface area contributed by atoms with Gasteiger partial charge in [0, 0.05) is 24.8 Å². The number of hydrogen-bond donors (Lipinski definition) is 0. The third-order valence-electron chi connectivity index (χ3n) is 0.933. The molecule has 0 N–H and O–H groups in total. The molecule has 0 unspecified atom stereocenters. The largest absolute Gasteiger partial charge is 1.00 e. The SMILES string of the molecule is O=CCCC(=O)[O-].O=CCCC(=O)[O-].[Na+].[Na+]. The number of hydrogen-bond acceptors (Lipinski definition) is 6. The second-order valence-corrected chi connectivity index (χ2v) is 2.15. The van der Waals surface area contributed by atoms with Crippen LogP contribution in [0.15, 0.2) is 0 Å². The van der Waals surface area contributed by atoms with E-state index in [1.165, 1.54) is 0 Å². The molecule has 0 atom stereocenters. The van der Waals surface area contributed by atoms with Crippen LogP contribution < -0.4 is 69.3 Å². The average molecular weight is 248 g/mol. The quantitative estimate of drug-likeness (QED) is 0.340. The Balaban J connectivity index is -0.0000000800. The van der Waals surface area contributed by atoms with Crippen LogP contribution in [0.5, 0.6) is 0 Å². The minimum Gasteiger partial charge on any atom is -0.550 e. The monoisotopic (exact) mass is 248 g/mol. The van der Waals surface area contributed by atoms with Crippen molar-refractivity contribution in [2.24, 2.45) is 0 Å². The van der Waals surface area contributed by atoms with Crippen molar-refractivity contribution in [2.75, 3.05) is 0 Å². The standard InChI is InChI=1S/2C4H6O3.2Na/c2*5-3-1-2-4(6)7;;/h2*3H,1-2H2,(H,6,7);;/q;;2*+1/p-2. The van der Waals surface area contributed by atoms with Gasteiger partial charge in [-0.2, -0.15) is 0 Å². The molecule has 0 heterocycles. The summed E-state index contributed by atoms with van der Waals surface area (Å²) >= 11 is 0. The Labute approximate surface area is 137 Å². The first kappa shape index (κ1) is 25.2. The Morgan fingerprint density at radius 2 is 1.06 bits per heavy atom. The number of aliphatic carboxylic acids is 2. The minimum atomic E-state index is -1.17. The second-order valence-electron chi connectivity index (χ2n) is 2.15. The molecule has 0 bridgehead atoms. The molecule has 6 nitrogen and oxygen atoms in total. The second kappa shape index (κ2) is 20.7. The zero-order valence-electron chi connectivity index (χ0n) is 9.43. The van der Waals surface area contributed by atoms with E-state index in [0.29, 0.717) is 12.6 Å². The molecule has 0 fully saturated rings. The van der Waals surface area contributed by atoms with Gasteiger partial charge in [0.2, 0.25) is 0 Å². The van der Waals surface area contributed by atoms with Crippen molar-refractivity contribution in [1.82, 2.24) is 0 Å². The summed E-state index contributed by atoms with van der Waals surface area (Å²) in [4.78, 5) is 37.8. The van der Waals surface area contributed by atoms with Crippen LogP contribution in [-0.4, -0.2) is 24.5 Å². The van der Waals surface area contributed by atoms with Crippen molar-refractivity contribution in [2.45, 2.75) is 25.7 Å². The van der Waals surface area contributed by atoms with Gasteiger partial charge >= 0.3 is 59.1 Å². The first-order chi connectivity index (χ1) is 6.54. The fourth-order valence-electron chi connectivity index (χ4n) is 0.354. The van der Waals surface area contributed by atoms with Crippen molar-refractivity contribution in [3.63, 3.8) is 0 Å². The van der Waals surface area contributed by atoms with E-state index in [1.54, 1.807) is 0 Å². The van der Waals surface area contributed by atoms with Crippen molar-refractivity contribution < 1.29 is 88.5 Å². The predicted octanol–water partition coefficient (Wildman–Crippen LogP) is -8.56. The summed E-state index contributed by atoms with van der Waals surface area (Å²) in [6, 6.07) is 0. The van der Waals surface area contributed by atoms with Gasteiger partial charge in [0.05, 0.1) is 0 Å². The van der Waals surface area contributed by atoms with Crippen LogP contribution in [0.4, 0.5) is 0 Å². The predicted molar refractivity (Wildman–Crippen MR) is 40.6 cm³/mol. The van der Waals surface area contributed by atoms with Crippen molar-refractivity contribution in [3.8, 4) is 0 Å². The maximum atomic E-state index is 9.49. The molecule has 8 heteroatoms. The molecule has 0 saturated carbocycles. The summed E-state index contributed by atoms with van der Waals surface area (Å²) in [5.74, 6) is -2.35. The number of carbonyl (C=O) groups is 4. The molecule has 0 amide bonds. The third kappa shape index (κ3) is 36.7. The number of carboxylic acid groups (broad SMARTS) is 2. The number of aldehydes is 2. The Kier molecular flexibility index (Phi) is 32.6. The van der Waals surface area contributed by atoms with Gasteiger partial charge in [-0.3, -0.25) is 0 Å². The smallest absolute Gasteiger partial charge is 0.550 e. The first-order valence-electron chi connectivity index (χ1n) is 3.81. The summed E-state index contributed by atoms with van der Waals surface area (Å²) in [5.41, 5.74) is 0. The molecular weight excluding hydrogens is 238 g/mol. The van der Waals surface area contributed by atoms with Gasteiger partial charge in [0.1, 0.15) is 12.6 Å². The molecule has 0 radical (unpaired) electrons. The Morgan fingerprint density at radius 1 is 0.812 bits per heavy atom. The molecule has 16 heavy (non-hydrogen) atoms. The molecule has 0 rings (SSSR count). The van der Waals surface area contributed by atoms with Crippen molar-refractivity contribution >= 4 is 24.5 Å². The summed E-state index contributed by atoms with van der Waals surface area (Å²) in [6.45, 7) is 0. The van der Waals surface area contributed by atoms with E-state index in [4.69, 9.17) is 0 Å². The molecule has 0 aromatic carbocycles. The minimum absolute atomic E-state index is 0. The van der Waals surface area contributed by atoms with Crippen molar-refractivity contribution in [1.29, 1.82) is 0 Å². The van der Waals surface area contributed by atoms with Gasteiger partial charge in [-0.1, -0.05) is 0 Å². The van der Waals surface area contributed by atoms with E-state index in [1.807, 2.05) is 0 Å². The Hall–Kier alpha value is 0.280. The van der Waals surface area contributed by atoms with Crippen LogP contribution in [0.1, 0.15) is 25.7 Å². The number of carboxylic acids is 2. The van der Waals surface area contributed by atoms with Gasteiger partial charge in [-0.15, -0.1) is 0 Å². The maximum absolute atomic E-state index is 9.49. The van der Waals surface area contributed by atoms with Crippen LogP contribution in [-0.2, 0) is 19.2 Å². The summed E-state index contributed by atoms with van der Waals surface area (Å²) in [6.07, 6.45) is 0.892. The topological polar surface area (TPSA) is 114 Å². The summed E-state index contributed by atoms with van der Waals surface area (Å²) in [7, 11) is 0. The van der Waals surface area contributed by atoms with Crippen LogP contribution in [0.3, 0.4) is 0 Å². The van der Waals surface area contributed by atoms with Crippen molar-refractivity contribution in [3.05, 3.63) is 0 Å². The zero-order chi connectivity index (χ0) is 11.4. The van der Waals surface area contributed by atoms with E-state index < -0.39 is 11.9 Å². The van der Waals surface area contributed by atoms with Gasteiger partial charge in [0.15, 0.2) is 0 Å². The first-order valence-corrected chi connectivity index (χ1v) is 3.81. The third-order valence-corrected chi connectivity index (χ3v) is 0.933. The summed E-state index contributed by atoms with van der Waals surface area (Å²) in [5, 5.41) is 19.0. The van der Waals surface area contributed by atoms with Crippen LogP contribution in [0.2, 0.25) is 0 Å². The van der Waals surface area contributed by atoms with E-state index in [-0.39, 0.29) is 84.8 Å². The zero-order valence-corrected chi connectivity index (χ0v) is 13.4. The van der Waals surface area contributed by atoms with Crippen LogP contribution in [0.25, 0.3) is 0 Å². The molecule has 0 aliphatic carbocycles. The molecule has 80 valence electrons. The normalized spacial score (nSPS) is 7.00. The van der Waals surface area contributed by atoms with E-state index >= 15 is 0 Å². The maximum Gasteiger partial charge on any atom is 1.00 e. The van der Waals surface area contributed by atoms with Crippen LogP contribution >= 0.6 is 0 Å². The fraction of sp³-hybridized carbons (Fsp3) is 0.500. The van der Waals surface area contributed by atoms with E-state index in [2.05, 4.69) is 0 Å². The molecule has 0 spiro atoms. The van der Waals surface area contributed by atoms with Gasteiger partial charge in [-0.05, 0) is 12.8 Å². The molecule has 0 saturated heterocycles. The molecular formula is C8H10Na2O6. The Bertz CT molecular complexity index is 185. The van der Waals surface area contributed by atoms with Gasteiger partial charge in [0.25, 0.3) is 0 Å². The fourth-order valence-corrected chi connectivity index (χ4v) is 0.354. The average Bonchev–Trinajstić information content (AvgIpc) is 2.12. The van der Waals surface area contributed by atoms with Gasteiger partial charge in [-0.25, -0.2) is 0 Å².